The van der Waals surface area contributed by atoms with Crippen LogP contribution in [0, 0.1) is 0 Å². The van der Waals surface area contributed by atoms with Crippen LogP contribution in [0.2, 0.25) is 19.6 Å². The maximum atomic E-state index is 6.75. The molecule has 1 saturated heterocycles. The molecule has 0 aromatic rings. The van der Waals surface area contributed by atoms with Crippen molar-refractivity contribution in [2.45, 2.75) is 117 Å². The molecule has 1 rings (SSSR count). The second kappa shape index (κ2) is 7.40. The van der Waals surface area contributed by atoms with E-state index in [2.05, 4.69) is 91.3 Å². The fraction of sp³-hybridized carbons (Fsp3) is 1.00. The van der Waals surface area contributed by atoms with E-state index in [0.29, 0.717) is 24.2 Å². The zero-order valence-corrected chi connectivity index (χ0v) is 20.8. The predicted octanol–water partition coefficient (Wildman–Crippen LogP) is 5.53. The van der Waals surface area contributed by atoms with E-state index < -0.39 is 14.4 Å². The molecule has 24 heavy (non-hydrogen) atoms. The Morgan fingerprint density at radius 2 is 1.08 bits per heavy atom. The smallest absolute Gasteiger partial charge is 0.135 e. The normalized spacial score (nSPS) is 25.8. The molecule has 144 valence electrons. The van der Waals surface area contributed by atoms with Gasteiger partial charge in [-0.3, -0.25) is 9.34 Å². The topological polar surface area (TPSA) is 19.0 Å². The standard InChI is InChI=1S/C18H41N2OPSSi/c1-13(2)19(14(3)4)22(23,20(15(5)6)16(7)8)18(17(9)21-18)24(10,11)12/h13-17H,1-12H3/t17-,18+/m0/s1. The number of hydrogen-bond donors (Lipinski definition) is 0. The van der Waals surface area contributed by atoms with E-state index in [1.165, 1.54) is 0 Å². The summed E-state index contributed by atoms with van der Waals surface area (Å²) in [6.45, 7) is 27.9. The van der Waals surface area contributed by atoms with Crippen LogP contribution in [0.25, 0.3) is 0 Å². The molecule has 0 unspecified atom stereocenters. The Labute approximate surface area is 157 Å². The number of ether oxygens (including phenoxy) is 1. The Balaban J connectivity index is 3.74. The summed E-state index contributed by atoms with van der Waals surface area (Å²) in [6.07, 6.45) is -1.82. The molecule has 1 fully saturated rings. The van der Waals surface area contributed by atoms with E-state index in [1.807, 2.05) is 0 Å². The Kier molecular flexibility index (Phi) is 7.03. The van der Waals surface area contributed by atoms with Crippen molar-refractivity contribution >= 4 is 26.2 Å². The van der Waals surface area contributed by atoms with Crippen molar-refractivity contribution in [3.8, 4) is 0 Å². The number of nitrogens with zero attached hydrogens (tertiary/aromatic N) is 2. The minimum atomic E-state index is -2.09. The van der Waals surface area contributed by atoms with Crippen molar-refractivity contribution in [1.29, 1.82) is 0 Å². The summed E-state index contributed by atoms with van der Waals surface area (Å²) < 4.78 is 11.8. The lowest BCUT2D eigenvalue weighted by Crippen LogP contribution is -2.56. The Hall–Kier alpha value is 0.747. The molecule has 6 heteroatoms. The lowest BCUT2D eigenvalue weighted by atomic mass is 10.3. The Morgan fingerprint density at radius 3 is 1.21 bits per heavy atom. The molecule has 0 amide bonds. The average molecular weight is 393 g/mol. The fourth-order valence-corrected chi connectivity index (χ4v) is 20.1. The van der Waals surface area contributed by atoms with E-state index in [-0.39, 0.29) is 11.1 Å². The van der Waals surface area contributed by atoms with Crippen molar-refractivity contribution in [3.63, 3.8) is 0 Å². The van der Waals surface area contributed by atoms with Crippen molar-refractivity contribution in [2.75, 3.05) is 0 Å². The Morgan fingerprint density at radius 1 is 0.833 bits per heavy atom. The molecular formula is C18H41N2OPSSi. The van der Waals surface area contributed by atoms with E-state index in [0.717, 1.165) is 0 Å². The zero-order valence-electron chi connectivity index (χ0n) is 18.0. The first kappa shape index (κ1) is 22.8. The maximum absolute atomic E-state index is 6.75. The summed E-state index contributed by atoms with van der Waals surface area (Å²) in [5.74, 6) is 0. The molecule has 0 aromatic heterocycles. The highest BCUT2D eigenvalue weighted by Crippen LogP contribution is 2.77. The van der Waals surface area contributed by atoms with Gasteiger partial charge in [0, 0.05) is 24.2 Å². The fourth-order valence-electron chi connectivity index (χ4n) is 4.67. The van der Waals surface area contributed by atoms with Crippen molar-refractivity contribution in [1.82, 2.24) is 9.34 Å². The minimum Gasteiger partial charge on any atom is -0.362 e. The molecule has 0 radical (unpaired) electrons. The van der Waals surface area contributed by atoms with E-state index in [1.54, 1.807) is 0 Å². The van der Waals surface area contributed by atoms with Crippen LogP contribution in [-0.4, -0.2) is 52.7 Å². The summed E-state index contributed by atoms with van der Waals surface area (Å²) in [5, 5.41) is 0. The van der Waals surface area contributed by atoms with Crippen LogP contribution >= 0.6 is 6.34 Å². The quantitative estimate of drug-likeness (QED) is 0.307. The van der Waals surface area contributed by atoms with Gasteiger partial charge in [0.15, 0.2) is 0 Å². The van der Waals surface area contributed by atoms with Gasteiger partial charge in [-0.2, -0.15) is 0 Å². The van der Waals surface area contributed by atoms with E-state index >= 15 is 0 Å². The molecule has 2 atom stereocenters. The second-order valence-corrected chi connectivity index (χ2v) is 19.3. The van der Waals surface area contributed by atoms with Gasteiger partial charge in [0.25, 0.3) is 0 Å². The highest BCUT2D eigenvalue weighted by atomic mass is 32.4. The van der Waals surface area contributed by atoms with Crippen LogP contribution in [-0.2, 0) is 16.5 Å². The zero-order chi connectivity index (χ0) is 19.2. The molecular weight excluding hydrogens is 351 g/mol. The van der Waals surface area contributed by atoms with Gasteiger partial charge in [0.2, 0.25) is 0 Å². The summed E-state index contributed by atoms with van der Waals surface area (Å²) in [4.78, 5) is -0.113. The first-order valence-electron chi connectivity index (χ1n) is 9.51. The molecule has 0 N–H and O–H groups in total. The number of hydrogen-bond acceptors (Lipinski definition) is 2. The summed E-state index contributed by atoms with van der Waals surface area (Å²) >= 11 is 6.75. The monoisotopic (exact) mass is 392 g/mol. The number of rotatable bonds is 8. The van der Waals surface area contributed by atoms with Gasteiger partial charge in [0.05, 0.1) is 14.2 Å². The van der Waals surface area contributed by atoms with Crippen molar-refractivity contribution < 1.29 is 4.74 Å². The predicted molar refractivity (Wildman–Crippen MR) is 115 cm³/mol. The van der Waals surface area contributed by atoms with Crippen LogP contribution in [0.15, 0.2) is 0 Å². The van der Waals surface area contributed by atoms with Crippen LogP contribution in [0.5, 0.6) is 0 Å². The van der Waals surface area contributed by atoms with E-state index in [9.17, 15) is 0 Å². The first-order valence-corrected chi connectivity index (χ1v) is 15.7. The third-order valence-corrected chi connectivity index (χ3v) is 17.6. The van der Waals surface area contributed by atoms with Gasteiger partial charge >= 0.3 is 0 Å². The largest absolute Gasteiger partial charge is 0.362 e. The molecule has 3 nitrogen and oxygen atoms in total. The third kappa shape index (κ3) is 3.46. The Bertz CT molecular complexity index is 450. The third-order valence-electron chi connectivity index (χ3n) is 5.10. The lowest BCUT2D eigenvalue weighted by Gasteiger charge is -2.55. The van der Waals surface area contributed by atoms with Crippen LogP contribution < -0.4 is 0 Å². The molecule has 1 heterocycles. The van der Waals surface area contributed by atoms with Gasteiger partial charge in [-0.25, -0.2) is 0 Å². The van der Waals surface area contributed by atoms with Crippen molar-refractivity contribution in [2.24, 2.45) is 0 Å². The molecule has 0 spiro atoms. The molecule has 1 aliphatic heterocycles. The molecule has 0 aliphatic carbocycles. The van der Waals surface area contributed by atoms with Crippen LogP contribution in [0.4, 0.5) is 0 Å². The van der Waals surface area contributed by atoms with Crippen LogP contribution in [0.3, 0.4) is 0 Å². The molecule has 1 aliphatic rings. The minimum absolute atomic E-state index is 0.113. The van der Waals surface area contributed by atoms with Crippen LogP contribution in [0.1, 0.15) is 62.3 Å². The average Bonchev–Trinajstić information content (AvgIpc) is 2.99. The van der Waals surface area contributed by atoms with Gasteiger partial charge in [-0.15, -0.1) is 0 Å². The highest BCUT2D eigenvalue weighted by Gasteiger charge is 2.73. The first-order chi connectivity index (χ1) is 10.7. The highest BCUT2D eigenvalue weighted by molar-refractivity contribution is 8.14. The van der Waals surface area contributed by atoms with Gasteiger partial charge in [0.1, 0.15) is 11.3 Å². The SMILES string of the molecule is CC(C)N(C(C)C)P(=S)(N(C(C)C)C(C)C)[C@]1([Si](C)(C)C)O[C@H]1C. The molecule has 0 aromatic carbocycles. The van der Waals surface area contributed by atoms with Gasteiger partial charge in [-0.05, 0) is 62.3 Å². The van der Waals surface area contributed by atoms with E-state index in [4.69, 9.17) is 16.5 Å². The maximum Gasteiger partial charge on any atom is 0.135 e. The van der Waals surface area contributed by atoms with Gasteiger partial charge < -0.3 is 4.74 Å². The van der Waals surface area contributed by atoms with Gasteiger partial charge in [-0.1, -0.05) is 31.4 Å². The second-order valence-electron chi connectivity index (χ2n) is 9.39. The molecule has 0 bridgehead atoms. The molecule has 0 saturated carbocycles. The van der Waals surface area contributed by atoms with Crippen molar-refractivity contribution in [3.05, 3.63) is 0 Å². The summed E-state index contributed by atoms with van der Waals surface area (Å²) in [6, 6.07) is 1.67. The summed E-state index contributed by atoms with van der Waals surface area (Å²) in [5.41, 5.74) is 0. The summed E-state index contributed by atoms with van der Waals surface area (Å²) in [7, 11) is -1.64. The number of epoxide rings is 1. The lowest BCUT2D eigenvalue weighted by molar-refractivity contribution is 0.242.